The number of amides is 1. The van der Waals surface area contributed by atoms with Gasteiger partial charge < -0.3 is 26.2 Å². The van der Waals surface area contributed by atoms with Crippen molar-refractivity contribution >= 4 is 45.8 Å². The third kappa shape index (κ3) is 4.68. The van der Waals surface area contributed by atoms with Crippen LogP contribution in [0.25, 0.3) is 10.9 Å². The second-order valence-corrected chi connectivity index (χ2v) is 6.22. The smallest absolute Gasteiger partial charge is 0.404 e. The highest BCUT2D eigenvalue weighted by atomic mass is 35.5. The van der Waals surface area contributed by atoms with Crippen molar-refractivity contribution < 1.29 is 19.0 Å². The van der Waals surface area contributed by atoms with Crippen LogP contribution in [0.1, 0.15) is 6.42 Å². The molecule has 0 bridgehead atoms. The Morgan fingerprint density at radius 1 is 1.29 bits per heavy atom. The molecule has 0 aliphatic rings. The third-order valence-corrected chi connectivity index (χ3v) is 4.09. The number of hydrogen-bond acceptors (Lipinski definition) is 6. The molecule has 0 unspecified atom stereocenters. The normalized spacial score (nSPS) is 10.6. The molecule has 1 amide bonds. The molecule has 3 rings (SSSR count). The van der Waals surface area contributed by atoms with Crippen LogP contribution >= 0.6 is 11.6 Å². The molecule has 0 aliphatic carbocycles. The number of benzene rings is 2. The minimum atomic E-state index is -1.08. The van der Waals surface area contributed by atoms with Gasteiger partial charge >= 0.3 is 6.09 Å². The van der Waals surface area contributed by atoms with E-state index in [1.807, 2.05) is 0 Å². The monoisotopic (exact) mass is 405 g/mol. The van der Waals surface area contributed by atoms with Gasteiger partial charge in [-0.1, -0.05) is 11.6 Å². The minimum absolute atomic E-state index is 0.00375. The highest BCUT2D eigenvalue weighted by Crippen LogP contribution is 2.32. The standard InChI is InChI=1S/C18H17ClFN5O3/c19-12-6-10(2-3-13(12)20)25-17-11-7-14(21)16(8-15(11)23-9-24-17)28-5-1-4-22-18(26)27/h2-3,6-9,22H,1,4-5,21H2,(H,26,27)(H,23,24,25). The number of nitrogens with one attached hydrogen (secondary N) is 2. The van der Waals surface area contributed by atoms with Gasteiger partial charge in [-0.25, -0.2) is 19.2 Å². The summed E-state index contributed by atoms with van der Waals surface area (Å²) in [6, 6.07) is 7.61. The first-order valence-electron chi connectivity index (χ1n) is 8.30. The highest BCUT2D eigenvalue weighted by molar-refractivity contribution is 6.31. The van der Waals surface area contributed by atoms with Gasteiger partial charge in [0.1, 0.15) is 23.7 Å². The summed E-state index contributed by atoms with van der Waals surface area (Å²) in [7, 11) is 0. The number of rotatable bonds is 7. The molecular weight excluding hydrogens is 389 g/mol. The summed E-state index contributed by atoms with van der Waals surface area (Å²) in [4.78, 5) is 18.8. The molecule has 0 atom stereocenters. The number of nitrogen functional groups attached to an aromatic ring is 1. The second-order valence-electron chi connectivity index (χ2n) is 5.82. The molecule has 0 fully saturated rings. The van der Waals surface area contributed by atoms with Gasteiger partial charge in [-0.2, -0.15) is 0 Å². The zero-order chi connectivity index (χ0) is 20.1. The van der Waals surface area contributed by atoms with Gasteiger partial charge in [-0.3, -0.25) is 0 Å². The van der Waals surface area contributed by atoms with Crippen LogP contribution in [0, 0.1) is 5.82 Å². The summed E-state index contributed by atoms with van der Waals surface area (Å²) in [6.07, 6.45) is 0.794. The zero-order valence-corrected chi connectivity index (χ0v) is 15.3. The average Bonchev–Trinajstić information content (AvgIpc) is 2.65. The lowest BCUT2D eigenvalue weighted by Crippen LogP contribution is -2.23. The van der Waals surface area contributed by atoms with Crippen molar-refractivity contribution in [2.24, 2.45) is 0 Å². The van der Waals surface area contributed by atoms with Crippen molar-refractivity contribution in [3.63, 3.8) is 0 Å². The summed E-state index contributed by atoms with van der Waals surface area (Å²) < 4.78 is 18.9. The Bertz CT molecular complexity index is 1020. The van der Waals surface area contributed by atoms with E-state index in [2.05, 4.69) is 20.6 Å². The molecule has 5 N–H and O–H groups in total. The largest absolute Gasteiger partial charge is 0.491 e. The Morgan fingerprint density at radius 3 is 2.86 bits per heavy atom. The van der Waals surface area contributed by atoms with Gasteiger partial charge in [0.2, 0.25) is 0 Å². The maximum atomic E-state index is 13.3. The van der Waals surface area contributed by atoms with Crippen LogP contribution in [-0.2, 0) is 0 Å². The van der Waals surface area contributed by atoms with E-state index in [-0.39, 0.29) is 11.6 Å². The number of nitrogens with zero attached hydrogens (tertiary/aromatic N) is 2. The molecule has 0 aliphatic heterocycles. The predicted molar refractivity (Wildman–Crippen MR) is 105 cm³/mol. The molecule has 0 saturated carbocycles. The van der Waals surface area contributed by atoms with Gasteiger partial charge in [0.15, 0.2) is 0 Å². The molecular formula is C18H17ClFN5O3. The number of halogens is 2. The zero-order valence-electron chi connectivity index (χ0n) is 14.6. The first-order valence-corrected chi connectivity index (χ1v) is 8.68. The van der Waals surface area contributed by atoms with Crippen molar-refractivity contribution in [3.8, 4) is 5.75 Å². The van der Waals surface area contributed by atoms with E-state index in [1.54, 1.807) is 18.2 Å². The van der Waals surface area contributed by atoms with E-state index in [4.69, 9.17) is 27.2 Å². The van der Waals surface area contributed by atoms with Gasteiger partial charge in [-0.15, -0.1) is 0 Å². The van der Waals surface area contributed by atoms with E-state index in [1.165, 1.54) is 18.5 Å². The van der Waals surface area contributed by atoms with Crippen LogP contribution in [0.2, 0.25) is 5.02 Å². The second kappa shape index (κ2) is 8.57. The fourth-order valence-electron chi connectivity index (χ4n) is 2.49. The Balaban J connectivity index is 1.78. The maximum Gasteiger partial charge on any atom is 0.404 e. The minimum Gasteiger partial charge on any atom is -0.491 e. The fourth-order valence-corrected chi connectivity index (χ4v) is 2.67. The molecule has 28 heavy (non-hydrogen) atoms. The summed E-state index contributed by atoms with van der Waals surface area (Å²) in [5, 5.41) is 14.5. The van der Waals surface area contributed by atoms with E-state index < -0.39 is 11.9 Å². The number of ether oxygens (including phenoxy) is 1. The molecule has 10 heteroatoms. The SMILES string of the molecule is Nc1cc2c(Nc3ccc(F)c(Cl)c3)ncnc2cc1OCCCNC(=O)O. The lowest BCUT2D eigenvalue weighted by Gasteiger charge is -2.13. The topological polar surface area (TPSA) is 122 Å². The molecule has 2 aromatic carbocycles. The van der Waals surface area contributed by atoms with Gasteiger partial charge in [0.25, 0.3) is 0 Å². The van der Waals surface area contributed by atoms with Crippen LogP contribution in [-0.4, -0.2) is 34.3 Å². The molecule has 0 spiro atoms. The van der Waals surface area contributed by atoms with Crippen LogP contribution < -0.4 is 21.1 Å². The Morgan fingerprint density at radius 2 is 2.11 bits per heavy atom. The van der Waals surface area contributed by atoms with Crippen molar-refractivity contribution in [2.75, 3.05) is 24.2 Å². The molecule has 1 heterocycles. The number of aromatic nitrogens is 2. The summed E-state index contributed by atoms with van der Waals surface area (Å²) in [5.41, 5.74) is 7.61. The number of anilines is 3. The van der Waals surface area contributed by atoms with Crippen molar-refractivity contribution in [3.05, 3.63) is 47.5 Å². The molecule has 0 saturated heterocycles. The quantitative estimate of drug-likeness (QED) is 0.348. The third-order valence-electron chi connectivity index (χ3n) is 3.80. The number of carbonyl (C=O) groups is 1. The maximum absolute atomic E-state index is 13.3. The number of nitrogens with two attached hydrogens (primary N) is 1. The van der Waals surface area contributed by atoms with Crippen LogP contribution in [0.5, 0.6) is 5.75 Å². The van der Waals surface area contributed by atoms with E-state index in [0.717, 1.165) is 0 Å². The number of fused-ring (bicyclic) bond motifs is 1. The lowest BCUT2D eigenvalue weighted by molar-refractivity contribution is 0.193. The lowest BCUT2D eigenvalue weighted by atomic mass is 10.2. The molecule has 146 valence electrons. The fraction of sp³-hybridized carbons (Fsp3) is 0.167. The van der Waals surface area contributed by atoms with E-state index in [0.29, 0.717) is 46.9 Å². The molecule has 0 radical (unpaired) electrons. The van der Waals surface area contributed by atoms with Gasteiger partial charge in [0, 0.05) is 23.7 Å². The Kier molecular flexibility index (Phi) is 5.95. The van der Waals surface area contributed by atoms with Crippen molar-refractivity contribution in [1.29, 1.82) is 0 Å². The highest BCUT2D eigenvalue weighted by Gasteiger charge is 2.10. The first-order chi connectivity index (χ1) is 13.4. The van der Waals surface area contributed by atoms with Crippen LogP contribution in [0.4, 0.5) is 26.4 Å². The molecule has 1 aromatic heterocycles. The summed E-state index contributed by atoms with van der Waals surface area (Å²) in [5.74, 6) is 0.415. The van der Waals surface area contributed by atoms with Gasteiger partial charge in [-0.05, 0) is 30.7 Å². The summed E-state index contributed by atoms with van der Waals surface area (Å²) >= 11 is 5.81. The number of hydrogen-bond donors (Lipinski definition) is 4. The van der Waals surface area contributed by atoms with Crippen molar-refractivity contribution in [2.45, 2.75) is 6.42 Å². The van der Waals surface area contributed by atoms with E-state index in [9.17, 15) is 9.18 Å². The summed E-state index contributed by atoms with van der Waals surface area (Å²) in [6.45, 7) is 0.569. The first kappa shape index (κ1) is 19.4. The Hall–Kier alpha value is -3.33. The van der Waals surface area contributed by atoms with Gasteiger partial charge in [0.05, 0.1) is 22.8 Å². The molecule has 8 nitrogen and oxygen atoms in total. The van der Waals surface area contributed by atoms with Crippen LogP contribution in [0.3, 0.4) is 0 Å². The van der Waals surface area contributed by atoms with E-state index >= 15 is 0 Å². The van der Waals surface area contributed by atoms with Crippen LogP contribution in [0.15, 0.2) is 36.7 Å². The predicted octanol–water partition coefficient (Wildman–Crippen LogP) is 3.78. The Labute approximate surface area is 164 Å². The van der Waals surface area contributed by atoms with Crippen molar-refractivity contribution in [1.82, 2.24) is 15.3 Å². The molecule has 3 aromatic rings. The number of carboxylic acid groups (broad SMARTS) is 1. The average molecular weight is 406 g/mol.